The lowest BCUT2D eigenvalue weighted by atomic mass is 9.92. The van der Waals surface area contributed by atoms with Crippen LogP contribution in [-0.2, 0) is 17.9 Å². The number of nitrogens with zero attached hydrogens (tertiary/aromatic N) is 1. The van der Waals surface area contributed by atoms with Crippen LogP contribution in [0.2, 0.25) is 0 Å². The molecular weight excluding hydrogens is 308 g/mol. The maximum atomic E-state index is 12.2. The van der Waals surface area contributed by atoms with Crippen molar-refractivity contribution in [2.75, 3.05) is 13.1 Å². The van der Waals surface area contributed by atoms with Crippen LogP contribution in [0, 0.1) is 5.41 Å². The van der Waals surface area contributed by atoms with Crippen LogP contribution in [0.1, 0.15) is 37.8 Å². The Bertz CT molecular complexity index is 534. The summed E-state index contributed by atoms with van der Waals surface area (Å²) in [5, 5.41) is 5.08. The van der Waals surface area contributed by atoms with Gasteiger partial charge in [0.25, 0.3) is 0 Å². The third-order valence-corrected chi connectivity index (χ3v) is 4.34. The number of hydrogen-bond acceptors (Lipinski definition) is 4. The summed E-state index contributed by atoms with van der Waals surface area (Å²) in [6.07, 6.45) is 2.64. The molecule has 0 aliphatic carbocycles. The van der Waals surface area contributed by atoms with Crippen molar-refractivity contribution in [1.29, 1.82) is 0 Å². The zero-order chi connectivity index (χ0) is 16.7. The summed E-state index contributed by atoms with van der Waals surface area (Å²) in [5.41, 5.74) is 0.234. The van der Waals surface area contributed by atoms with Gasteiger partial charge < -0.3 is 9.73 Å². The Morgan fingerprint density at radius 2 is 2.09 bits per heavy atom. The molecule has 126 valence electrons. The molecule has 23 heavy (non-hydrogen) atoms. The molecule has 0 aromatic carbocycles. The van der Waals surface area contributed by atoms with E-state index in [1.165, 1.54) is 4.88 Å². The molecule has 0 fully saturated rings. The average molecular weight is 334 g/mol. The highest BCUT2D eigenvalue weighted by molar-refractivity contribution is 7.09. The Labute approximate surface area is 142 Å². The predicted octanol–water partition coefficient (Wildman–Crippen LogP) is 3.90. The number of furan rings is 1. The quantitative estimate of drug-likeness (QED) is 0.796. The summed E-state index contributed by atoms with van der Waals surface area (Å²) in [7, 11) is 0. The van der Waals surface area contributed by atoms with Gasteiger partial charge in [-0.2, -0.15) is 0 Å². The number of amides is 1. The van der Waals surface area contributed by atoms with Crippen LogP contribution < -0.4 is 5.32 Å². The van der Waals surface area contributed by atoms with Gasteiger partial charge in [0.1, 0.15) is 5.76 Å². The Kier molecular flexibility index (Phi) is 6.42. The van der Waals surface area contributed by atoms with Crippen molar-refractivity contribution < 1.29 is 9.21 Å². The first kappa shape index (κ1) is 17.8. The number of carbonyl (C=O) groups excluding carboxylic acids is 1. The number of carbonyl (C=O) groups is 1. The molecule has 0 atom stereocenters. The Morgan fingerprint density at radius 1 is 1.26 bits per heavy atom. The van der Waals surface area contributed by atoms with E-state index in [4.69, 9.17) is 4.42 Å². The van der Waals surface area contributed by atoms with E-state index in [-0.39, 0.29) is 11.3 Å². The molecule has 5 heteroatoms. The highest BCUT2D eigenvalue weighted by Gasteiger charge is 2.15. The van der Waals surface area contributed by atoms with Gasteiger partial charge in [-0.25, -0.2) is 0 Å². The van der Waals surface area contributed by atoms with Crippen LogP contribution in [0.5, 0.6) is 0 Å². The van der Waals surface area contributed by atoms with E-state index in [9.17, 15) is 4.79 Å². The second kappa shape index (κ2) is 8.31. The molecule has 4 nitrogen and oxygen atoms in total. The zero-order valence-corrected chi connectivity index (χ0v) is 15.0. The standard InChI is InChI=1S/C18H26N2O2S/c1-18(2,3)8-9-19-17(21)14-20(12-15-6-4-10-22-15)13-16-7-5-11-23-16/h4-7,10-11H,8-9,12-14H2,1-3H3,(H,19,21). The topological polar surface area (TPSA) is 45.5 Å². The first-order valence-corrected chi connectivity index (χ1v) is 8.84. The van der Waals surface area contributed by atoms with E-state index in [0.717, 1.165) is 25.3 Å². The van der Waals surface area contributed by atoms with Crippen LogP contribution in [-0.4, -0.2) is 23.9 Å². The largest absolute Gasteiger partial charge is 0.468 e. The molecule has 0 bridgehead atoms. The first-order chi connectivity index (χ1) is 10.9. The van der Waals surface area contributed by atoms with Gasteiger partial charge in [0, 0.05) is 18.0 Å². The Morgan fingerprint density at radius 3 is 2.70 bits per heavy atom. The molecule has 0 saturated carbocycles. The highest BCUT2D eigenvalue weighted by atomic mass is 32.1. The summed E-state index contributed by atoms with van der Waals surface area (Å²) in [5.74, 6) is 0.946. The smallest absolute Gasteiger partial charge is 0.234 e. The van der Waals surface area contributed by atoms with E-state index in [1.54, 1.807) is 17.6 Å². The maximum absolute atomic E-state index is 12.2. The lowest BCUT2D eigenvalue weighted by Crippen LogP contribution is -2.37. The van der Waals surface area contributed by atoms with Crippen LogP contribution in [0.15, 0.2) is 40.3 Å². The molecule has 2 heterocycles. The van der Waals surface area contributed by atoms with Crippen molar-refractivity contribution in [3.63, 3.8) is 0 Å². The highest BCUT2D eigenvalue weighted by Crippen LogP contribution is 2.17. The van der Waals surface area contributed by atoms with Crippen molar-refractivity contribution in [3.05, 3.63) is 46.5 Å². The van der Waals surface area contributed by atoms with Crippen LogP contribution in [0.25, 0.3) is 0 Å². The molecule has 0 spiro atoms. The monoisotopic (exact) mass is 334 g/mol. The SMILES string of the molecule is CC(C)(C)CCNC(=O)CN(Cc1ccco1)Cc1cccs1. The van der Waals surface area contributed by atoms with Crippen molar-refractivity contribution in [2.24, 2.45) is 5.41 Å². The fourth-order valence-electron chi connectivity index (χ4n) is 2.25. The molecule has 0 radical (unpaired) electrons. The molecule has 2 rings (SSSR count). The van der Waals surface area contributed by atoms with Crippen LogP contribution in [0.4, 0.5) is 0 Å². The Balaban J connectivity index is 1.87. The van der Waals surface area contributed by atoms with Gasteiger partial charge in [0.2, 0.25) is 5.91 Å². The van der Waals surface area contributed by atoms with Gasteiger partial charge in [0.15, 0.2) is 0 Å². The van der Waals surface area contributed by atoms with Gasteiger partial charge in [-0.3, -0.25) is 9.69 Å². The van der Waals surface area contributed by atoms with E-state index in [1.807, 2.05) is 18.2 Å². The minimum atomic E-state index is 0.0670. The third-order valence-electron chi connectivity index (χ3n) is 3.48. The summed E-state index contributed by atoms with van der Waals surface area (Å²) in [6.45, 7) is 9.03. The second-order valence-electron chi connectivity index (χ2n) is 6.96. The summed E-state index contributed by atoms with van der Waals surface area (Å²) >= 11 is 1.71. The van der Waals surface area contributed by atoms with Crippen LogP contribution in [0.3, 0.4) is 0 Å². The number of nitrogens with one attached hydrogen (secondary N) is 1. The maximum Gasteiger partial charge on any atom is 0.234 e. The van der Waals surface area contributed by atoms with E-state index < -0.39 is 0 Å². The van der Waals surface area contributed by atoms with Crippen molar-refractivity contribution in [2.45, 2.75) is 40.3 Å². The number of thiophene rings is 1. The molecule has 1 amide bonds. The van der Waals surface area contributed by atoms with Gasteiger partial charge in [-0.15, -0.1) is 11.3 Å². The lowest BCUT2D eigenvalue weighted by Gasteiger charge is -2.21. The molecule has 1 N–H and O–H groups in total. The van der Waals surface area contributed by atoms with E-state index in [2.05, 4.69) is 42.4 Å². The molecule has 0 saturated heterocycles. The van der Waals surface area contributed by atoms with Gasteiger partial charge >= 0.3 is 0 Å². The summed E-state index contributed by atoms with van der Waals surface area (Å²) < 4.78 is 5.42. The second-order valence-corrected chi connectivity index (χ2v) is 8.00. The van der Waals surface area contributed by atoms with Crippen molar-refractivity contribution >= 4 is 17.2 Å². The minimum absolute atomic E-state index is 0.0670. The van der Waals surface area contributed by atoms with E-state index in [0.29, 0.717) is 13.1 Å². The zero-order valence-electron chi connectivity index (χ0n) is 14.2. The minimum Gasteiger partial charge on any atom is -0.468 e. The van der Waals surface area contributed by atoms with Gasteiger partial charge in [0.05, 0.1) is 19.4 Å². The fourth-order valence-corrected chi connectivity index (χ4v) is 3.00. The summed E-state index contributed by atoms with van der Waals surface area (Å²) in [6, 6.07) is 7.95. The van der Waals surface area contributed by atoms with Gasteiger partial charge in [-0.1, -0.05) is 26.8 Å². The third kappa shape index (κ3) is 7.01. The molecule has 0 aliphatic heterocycles. The molecule has 2 aromatic heterocycles. The lowest BCUT2D eigenvalue weighted by molar-refractivity contribution is -0.122. The summed E-state index contributed by atoms with van der Waals surface area (Å²) in [4.78, 5) is 15.6. The molecule has 2 aromatic rings. The number of rotatable bonds is 8. The average Bonchev–Trinajstić information content (AvgIpc) is 3.10. The molecule has 0 unspecified atom stereocenters. The number of hydrogen-bond donors (Lipinski definition) is 1. The van der Waals surface area contributed by atoms with Crippen molar-refractivity contribution in [1.82, 2.24) is 10.2 Å². The van der Waals surface area contributed by atoms with Crippen LogP contribution >= 0.6 is 11.3 Å². The molecule has 0 aliphatic rings. The molecular formula is C18H26N2O2S. The first-order valence-electron chi connectivity index (χ1n) is 7.96. The van der Waals surface area contributed by atoms with Crippen molar-refractivity contribution in [3.8, 4) is 0 Å². The predicted molar refractivity (Wildman–Crippen MR) is 94.2 cm³/mol. The van der Waals surface area contributed by atoms with Gasteiger partial charge in [-0.05, 0) is 35.4 Å². The Hall–Kier alpha value is -1.59. The van der Waals surface area contributed by atoms with E-state index >= 15 is 0 Å². The fraction of sp³-hybridized carbons (Fsp3) is 0.500. The normalized spacial score (nSPS) is 11.8.